The van der Waals surface area contributed by atoms with Crippen molar-refractivity contribution in [2.24, 2.45) is 0 Å². The molecule has 0 spiro atoms. The van der Waals surface area contributed by atoms with Gasteiger partial charge in [-0.05, 0) is 30.3 Å². The van der Waals surface area contributed by atoms with Gasteiger partial charge in [-0.1, -0.05) is 24.1 Å². The quantitative estimate of drug-likeness (QED) is 0.653. The van der Waals surface area contributed by atoms with E-state index in [0.29, 0.717) is 11.3 Å². The first-order valence-electron chi connectivity index (χ1n) is 8.84. The molecule has 2 amide bonds. The van der Waals surface area contributed by atoms with Gasteiger partial charge >= 0.3 is 6.18 Å². The largest absolute Gasteiger partial charge is 0.449 e. The summed E-state index contributed by atoms with van der Waals surface area (Å²) in [6, 6.07) is 12.3. The number of carbonyl (C=O) groups is 2. The van der Waals surface area contributed by atoms with Crippen molar-refractivity contribution in [3.05, 3.63) is 59.9 Å². The van der Waals surface area contributed by atoms with Crippen LogP contribution in [0, 0.1) is 12.3 Å². The Balaban J connectivity index is 2.04. The minimum atomic E-state index is -4.76. The number of rotatable bonds is 5. The molecule has 0 bridgehead atoms. The molecular formula is C21H17F3N4O2. The molecule has 1 heterocycles. The van der Waals surface area contributed by atoms with Crippen LogP contribution in [0.5, 0.6) is 0 Å². The number of hydrogen-bond donors (Lipinski definition) is 1. The van der Waals surface area contributed by atoms with Crippen molar-refractivity contribution in [2.75, 3.05) is 18.5 Å². The molecule has 2 aromatic carbocycles. The van der Waals surface area contributed by atoms with Crippen molar-refractivity contribution in [1.82, 2.24) is 14.9 Å². The smallest absolute Gasteiger partial charge is 0.358 e. The van der Waals surface area contributed by atoms with Gasteiger partial charge in [0.2, 0.25) is 17.6 Å². The molecule has 0 atom stereocenters. The minimum absolute atomic E-state index is 0.116. The van der Waals surface area contributed by atoms with Gasteiger partial charge in [-0.2, -0.15) is 13.2 Å². The number of hydrogen-bond acceptors (Lipinski definition) is 3. The van der Waals surface area contributed by atoms with Crippen LogP contribution in [-0.4, -0.2) is 35.0 Å². The average molecular weight is 414 g/mol. The second kappa shape index (κ2) is 8.29. The van der Waals surface area contributed by atoms with Crippen molar-refractivity contribution in [3.8, 4) is 12.3 Å². The molecule has 0 aliphatic heterocycles. The summed E-state index contributed by atoms with van der Waals surface area (Å²) in [7, 11) is 1.40. The van der Waals surface area contributed by atoms with Crippen LogP contribution in [0.15, 0.2) is 48.5 Å². The molecule has 30 heavy (non-hydrogen) atoms. The first kappa shape index (κ1) is 20.9. The topological polar surface area (TPSA) is 67.2 Å². The van der Waals surface area contributed by atoms with Crippen LogP contribution in [0.2, 0.25) is 0 Å². The minimum Gasteiger partial charge on any atom is -0.358 e. The first-order chi connectivity index (χ1) is 14.2. The Hall–Kier alpha value is -3.80. The molecule has 0 aliphatic carbocycles. The summed E-state index contributed by atoms with van der Waals surface area (Å²) in [5.41, 5.74) is 1.04. The van der Waals surface area contributed by atoms with Crippen LogP contribution in [0.4, 0.5) is 18.9 Å². The molecule has 0 unspecified atom stereocenters. The standard InChI is InChI=1S/C21H17F3N4O2/c1-3-14-7-6-8-15(11-14)27(12-18(29)25-2)19(30)13-28-17-10-5-4-9-16(17)26-20(28)21(22,23)24/h1,4-11H,12-13H2,2H3,(H,25,29). The van der Waals surface area contributed by atoms with Crippen molar-refractivity contribution >= 4 is 28.5 Å². The summed E-state index contributed by atoms with van der Waals surface area (Å²) in [6.07, 6.45) is 0.636. The zero-order chi connectivity index (χ0) is 21.9. The van der Waals surface area contributed by atoms with E-state index in [2.05, 4.69) is 16.2 Å². The second-order valence-corrected chi connectivity index (χ2v) is 6.36. The van der Waals surface area contributed by atoms with Crippen LogP contribution >= 0.6 is 0 Å². The lowest BCUT2D eigenvalue weighted by molar-refractivity contribution is -0.147. The molecule has 0 fully saturated rings. The van der Waals surface area contributed by atoms with Gasteiger partial charge in [0.1, 0.15) is 13.1 Å². The number of imidazole rings is 1. The Bertz CT molecular complexity index is 1150. The SMILES string of the molecule is C#Cc1cccc(N(CC(=O)NC)C(=O)Cn2c(C(F)(F)F)nc3ccccc32)c1. The van der Waals surface area contributed by atoms with E-state index in [4.69, 9.17) is 6.42 Å². The fourth-order valence-corrected chi connectivity index (χ4v) is 2.98. The van der Waals surface area contributed by atoms with E-state index < -0.39 is 30.4 Å². The molecule has 0 aliphatic rings. The molecule has 154 valence electrons. The van der Waals surface area contributed by atoms with E-state index in [0.717, 1.165) is 9.47 Å². The maximum absolute atomic E-state index is 13.5. The van der Waals surface area contributed by atoms with Gasteiger partial charge in [0.25, 0.3) is 0 Å². The zero-order valence-corrected chi connectivity index (χ0v) is 15.9. The van der Waals surface area contributed by atoms with Gasteiger partial charge < -0.3 is 14.8 Å². The molecule has 3 aromatic rings. The highest BCUT2D eigenvalue weighted by Crippen LogP contribution is 2.31. The van der Waals surface area contributed by atoms with Gasteiger partial charge in [0, 0.05) is 18.3 Å². The van der Waals surface area contributed by atoms with E-state index in [1.54, 1.807) is 30.3 Å². The van der Waals surface area contributed by atoms with Crippen LogP contribution < -0.4 is 10.2 Å². The van der Waals surface area contributed by atoms with Crippen LogP contribution in [0.25, 0.3) is 11.0 Å². The Labute approximate surface area is 170 Å². The number of aromatic nitrogens is 2. The van der Waals surface area contributed by atoms with Crippen LogP contribution in [-0.2, 0) is 22.3 Å². The zero-order valence-electron chi connectivity index (χ0n) is 15.9. The number of benzene rings is 2. The predicted molar refractivity (Wildman–Crippen MR) is 106 cm³/mol. The number of alkyl halides is 3. The summed E-state index contributed by atoms with van der Waals surface area (Å²) in [4.78, 5) is 29.7. The van der Waals surface area contributed by atoms with Gasteiger partial charge in [-0.25, -0.2) is 4.98 Å². The molecule has 0 saturated carbocycles. The second-order valence-electron chi connectivity index (χ2n) is 6.36. The average Bonchev–Trinajstić information content (AvgIpc) is 3.10. The summed E-state index contributed by atoms with van der Waals surface area (Å²) in [5.74, 6) is 0.0328. The van der Waals surface area contributed by atoms with Crippen molar-refractivity contribution < 1.29 is 22.8 Å². The number of amides is 2. The Morgan fingerprint density at radius 3 is 2.60 bits per heavy atom. The van der Waals surface area contributed by atoms with E-state index >= 15 is 0 Å². The number of likely N-dealkylation sites (N-methyl/N-ethyl adjacent to an activating group) is 1. The highest BCUT2D eigenvalue weighted by molar-refractivity contribution is 5.99. The molecule has 0 radical (unpaired) electrons. The Kier molecular flexibility index (Phi) is 5.78. The van der Waals surface area contributed by atoms with Crippen molar-refractivity contribution in [2.45, 2.75) is 12.7 Å². The fourth-order valence-electron chi connectivity index (χ4n) is 2.98. The normalized spacial score (nSPS) is 11.2. The Morgan fingerprint density at radius 2 is 1.93 bits per heavy atom. The maximum atomic E-state index is 13.5. The number of nitrogens with zero attached hydrogens (tertiary/aromatic N) is 3. The summed E-state index contributed by atoms with van der Waals surface area (Å²) < 4.78 is 41.4. The number of para-hydroxylation sites is 2. The van der Waals surface area contributed by atoms with Crippen molar-refractivity contribution in [1.29, 1.82) is 0 Å². The number of anilines is 1. The lowest BCUT2D eigenvalue weighted by atomic mass is 10.2. The third-order valence-corrected chi connectivity index (χ3v) is 4.41. The van der Waals surface area contributed by atoms with E-state index in [9.17, 15) is 22.8 Å². The van der Waals surface area contributed by atoms with E-state index in [1.165, 1.54) is 25.2 Å². The first-order valence-corrected chi connectivity index (χ1v) is 8.84. The third-order valence-electron chi connectivity index (χ3n) is 4.41. The third kappa shape index (κ3) is 4.27. The predicted octanol–water partition coefficient (Wildman–Crippen LogP) is 2.82. The molecule has 1 aromatic heterocycles. The molecule has 3 rings (SSSR count). The molecular weight excluding hydrogens is 397 g/mol. The highest BCUT2D eigenvalue weighted by Gasteiger charge is 2.38. The number of fused-ring (bicyclic) bond motifs is 1. The lowest BCUT2D eigenvalue weighted by Gasteiger charge is -2.23. The molecule has 9 heteroatoms. The van der Waals surface area contributed by atoms with Gasteiger partial charge in [0.05, 0.1) is 11.0 Å². The van der Waals surface area contributed by atoms with Crippen molar-refractivity contribution in [3.63, 3.8) is 0 Å². The van der Waals surface area contributed by atoms with Gasteiger partial charge in [-0.3, -0.25) is 9.59 Å². The number of carbonyl (C=O) groups excluding carboxylic acids is 2. The summed E-state index contributed by atoms with van der Waals surface area (Å²) >= 11 is 0. The summed E-state index contributed by atoms with van der Waals surface area (Å²) in [5, 5.41) is 2.40. The maximum Gasteiger partial charge on any atom is 0.449 e. The molecule has 0 saturated heterocycles. The van der Waals surface area contributed by atoms with E-state index in [1.807, 2.05) is 0 Å². The fraction of sp³-hybridized carbons (Fsp3) is 0.190. The molecule has 6 nitrogen and oxygen atoms in total. The lowest BCUT2D eigenvalue weighted by Crippen LogP contribution is -2.41. The van der Waals surface area contributed by atoms with Gasteiger partial charge in [-0.15, -0.1) is 6.42 Å². The van der Waals surface area contributed by atoms with Crippen LogP contribution in [0.3, 0.4) is 0 Å². The number of nitrogens with one attached hydrogen (secondary N) is 1. The van der Waals surface area contributed by atoms with E-state index in [-0.39, 0.29) is 17.6 Å². The van der Waals surface area contributed by atoms with Crippen LogP contribution in [0.1, 0.15) is 11.4 Å². The monoisotopic (exact) mass is 414 g/mol. The Morgan fingerprint density at radius 1 is 1.20 bits per heavy atom. The highest BCUT2D eigenvalue weighted by atomic mass is 19.4. The molecule has 1 N–H and O–H groups in total. The number of terminal acetylenes is 1. The summed E-state index contributed by atoms with van der Waals surface area (Å²) in [6.45, 7) is -1.04. The number of halogens is 3. The van der Waals surface area contributed by atoms with Gasteiger partial charge in [0.15, 0.2) is 0 Å².